The number of methoxy groups -OCH3 is 1. The lowest BCUT2D eigenvalue weighted by atomic mass is 10.2. The van der Waals surface area contributed by atoms with Crippen LogP contribution in [0.2, 0.25) is 0 Å². The fourth-order valence-corrected chi connectivity index (χ4v) is 2.58. The smallest absolute Gasteiger partial charge is 0.213 e. The van der Waals surface area contributed by atoms with Gasteiger partial charge in [0.25, 0.3) is 0 Å². The Morgan fingerprint density at radius 1 is 1.26 bits per heavy atom. The summed E-state index contributed by atoms with van der Waals surface area (Å²) < 4.78 is 5.18. The van der Waals surface area contributed by atoms with Crippen molar-refractivity contribution in [1.29, 1.82) is 0 Å². The van der Waals surface area contributed by atoms with Crippen molar-refractivity contribution >= 4 is 0 Å². The van der Waals surface area contributed by atoms with Crippen LogP contribution in [0.4, 0.5) is 0 Å². The van der Waals surface area contributed by atoms with Crippen molar-refractivity contribution < 1.29 is 4.74 Å². The predicted molar refractivity (Wildman–Crippen MR) is 77.4 cm³/mol. The van der Waals surface area contributed by atoms with Gasteiger partial charge >= 0.3 is 0 Å². The van der Waals surface area contributed by atoms with E-state index < -0.39 is 0 Å². The highest BCUT2D eigenvalue weighted by molar-refractivity contribution is 5.20. The van der Waals surface area contributed by atoms with Crippen molar-refractivity contribution in [1.82, 2.24) is 14.8 Å². The molecule has 1 aromatic rings. The molecular formula is C15H25N3O. The quantitative estimate of drug-likeness (QED) is 0.831. The van der Waals surface area contributed by atoms with Crippen LogP contribution >= 0.6 is 0 Å². The number of aromatic nitrogens is 1. The Labute approximate surface area is 116 Å². The third-order valence-corrected chi connectivity index (χ3v) is 3.77. The molecule has 0 unspecified atom stereocenters. The van der Waals surface area contributed by atoms with Crippen LogP contribution in [0, 0.1) is 0 Å². The van der Waals surface area contributed by atoms with E-state index in [1.165, 1.54) is 31.6 Å². The first-order valence-electron chi connectivity index (χ1n) is 7.14. The van der Waals surface area contributed by atoms with Crippen molar-refractivity contribution in [3.05, 3.63) is 23.9 Å². The van der Waals surface area contributed by atoms with Crippen LogP contribution in [0.1, 0.15) is 25.8 Å². The fourth-order valence-electron chi connectivity index (χ4n) is 2.58. The summed E-state index contributed by atoms with van der Waals surface area (Å²) in [7, 11) is 1.67. The fraction of sp³-hybridized carbons (Fsp3) is 0.667. The summed E-state index contributed by atoms with van der Waals surface area (Å²) >= 11 is 0. The third kappa shape index (κ3) is 4.18. The monoisotopic (exact) mass is 263 g/mol. The first kappa shape index (κ1) is 14.3. The van der Waals surface area contributed by atoms with Crippen molar-refractivity contribution in [3.8, 4) is 5.88 Å². The molecule has 0 radical (unpaired) electrons. The van der Waals surface area contributed by atoms with E-state index in [4.69, 9.17) is 4.74 Å². The molecule has 0 aromatic carbocycles. The van der Waals surface area contributed by atoms with E-state index in [1.54, 1.807) is 7.11 Å². The molecule has 4 heteroatoms. The molecule has 2 rings (SSSR count). The van der Waals surface area contributed by atoms with Crippen LogP contribution in [-0.2, 0) is 6.54 Å². The zero-order chi connectivity index (χ0) is 13.7. The molecule has 0 spiro atoms. The largest absolute Gasteiger partial charge is 0.481 e. The lowest BCUT2D eigenvalue weighted by Gasteiger charge is -2.24. The summed E-state index contributed by atoms with van der Waals surface area (Å²) in [6.45, 7) is 10.3. The molecule has 0 amide bonds. The average molecular weight is 263 g/mol. The summed E-state index contributed by atoms with van der Waals surface area (Å²) in [5.41, 5.74) is 1.28. The number of hydrogen-bond donors (Lipinski definition) is 0. The number of nitrogens with zero attached hydrogens (tertiary/aromatic N) is 3. The molecule has 1 aliphatic rings. The standard InChI is InChI=1S/C15H25N3O/c1-13(2)18-8-4-7-17(9-10-18)12-14-5-6-16-15(11-14)19-3/h5-6,11,13H,4,7-10,12H2,1-3H3. The van der Waals surface area contributed by atoms with E-state index in [2.05, 4.69) is 34.7 Å². The second-order valence-corrected chi connectivity index (χ2v) is 5.47. The van der Waals surface area contributed by atoms with Crippen molar-refractivity contribution in [2.24, 2.45) is 0 Å². The topological polar surface area (TPSA) is 28.6 Å². The maximum absolute atomic E-state index is 5.18. The SMILES string of the molecule is COc1cc(CN2CCCN(C(C)C)CC2)ccn1. The zero-order valence-corrected chi connectivity index (χ0v) is 12.3. The van der Waals surface area contributed by atoms with E-state index in [0.717, 1.165) is 13.1 Å². The molecule has 0 bridgehead atoms. The van der Waals surface area contributed by atoms with Crippen LogP contribution in [0.3, 0.4) is 0 Å². The Balaban J connectivity index is 1.92. The lowest BCUT2D eigenvalue weighted by Crippen LogP contribution is -2.34. The molecule has 19 heavy (non-hydrogen) atoms. The highest BCUT2D eigenvalue weighted by atomic mass is 16.5. The van der Waals surface area contributed by atoms with Crippen molar-refractivity contribution in [2.75, 3.05) is 33.3 Å². The first-order chi connectivity index (χ1) is 9.19. The Bertz CT molecular complexity index is 395. The zero-order valence-electron chi connectivity index (χ0n) is 12.3. The minimum absolute atomic E-state index is 0.654. The molecule has 1 aliphatic heterocycles. The van der Waals surface area contributed by atoms with Crippen molar-refractivity contribution in [3.63, 3.8) is 0 Å². The van der Waals surface area contributed by atoms with Gasteiger partial charge in [-0.2, -0.15) is 0 Å². The Morgan fingerprint density at radius 2 is 2.11 bits per heavy atom. The molecule has 1 aromatic heterocycles. The Morgan fingerprint density at radius 3 is 2.84 bits per heavy atom. The molecule has 1 saturated heterocycles. The van der Waals surface area contributed by atoms with Gasteiger partial charge < -0.3 is 4.74 Å². The van der Waals surface area contributed by atoms with Gasteiger partial charge in [0.15, 0.2) is 0 Å². The highest BCUT2D eigenvalue weighted by Gasteiger charge is 2.16. The van der Waals surface area contributed by atoms with Gasteiger partial charge in [-0.15, -0.1) is 0 Å². The van der Waals surface area contributed by atoms with E-state index in [-0.39, 0.29) is 0 Å². The van der Waals surface area contributed by atoms with Gasteiger partial charge in [-0.05, 0) is 45.0 Å². The maximum Gasteiger partial charge on any atom is 0.213 e. The van der Waals surface area contributed by atoms with Crippen LogP contribution in [-0.4, -0.2) is 54.1 Å². The van der Waals surface area contributed by atoms with Crippen molar-refractivity contribution in [2.45, 2.75) is 32.9 Å². The summed E-state index contributed by atoms with van der Waals surface area (Å²) in [5, 5.41) is 0. The van der Waals surface area contributed by atoms with Gasteiger partial charge in [0, 0.05) is 37.9 Å². The van der Waals surface area contributed by atoms with Crippen LogP contribution in [0.25, 0.3) is 0 Å². The molecule has 0 atom stereocenters. The summed E-state index contributed by atoms with van der Waals surface area (Å²) in [4.78, 5) is 9.24. The summed E-state index contributed by atoms with van der Waals surface area (Å²) in [6, 6.07) is 4.76. The van der Waals surface area contributed by atoms with E-state index in [9.17, 15) is 0 Å². The molecule has 4 nitrogen and oxygen atoms in total. The van der Waals surface area contributed by atoms with Gasteiger partial charge in [-0.25, -0.2) is 4.98 Å². The minimum Gasteiger partial charge on any atom is -0.481 e. The van der Waals surface area contributed by atoms with Gasteiger partial charge in [-0.3, -0.25) is 9.80 Å². The minimum atomic E-state index is 0.654. The molecule has 0 saturated carbocycles. The Hall–Kier alpha value is -1.13. The molecular weight excluding hydrogens is 238 g/mol. The normalized spacial score (nSPS) is 18.5. The van der Waals surface area contributed by atoms with Crippen LogP contribution < -0.4 is 4.74 Å². The van der Waals surface area contributed by atoms with Crippen LogP contribution in [0.5, 0.6) is 5.88 Å². The lowest BCUT2D eigenvalue weighted by molar-refractivity contribution is 0.218. The number of hydrogen-bond acceptors (Lipinski definition) is 4. The predicted octanol–water partition coefficient (Wildman–Crippen LogP) is 2.01. The van der Waals surface area contributed by atoms with Gasteiger partial charge in [-0.1, -0.05) is 0 Å². The highest BCUT2D eigenvalue weighted by Crippen LogP contribution is 2.13. The van der Waals surface area contributed by atoms with Gasteiger partial charge in [0.2, 0.25) is 5.88 Å². The first-order valence-corrected chi connectivity index (χ1v) is 7.14. The maximum atomic E-state index is 5.18. The molecule has 0 N–H and O–H groups in total. The molecule has 1 fully saturated rings. The second-order valence-electron chi connectivity index (χ2n) is 5.47. The van der Waals surface area contributed by atoms with Gasteiger partial charge in [0.05, 0.1) is 7.11 Å². The van der Waals surface area contributed by atoms with E-state index in [0.29, 0.717) is 11.9 Å². The van der Waals surface area contributed by atoms with Gasteiger partial charge in [0.1, 0.15) is 0 Å². The number of rotatable bonds is 4. The number of pyridine rings is 1. The average Bonchev–Trinajstić information content (AvgIpc) is 2.65. The Kier molecular flexibility index (Phi) is 5.16. The summed E-state index contributed by atoms with van der Waals surface area (Å²) in [6.07, 6.45) is 3.08. The molecule has 2 heterocycles. The third-order valence-electron chi connectivity index (χ3n) is 3.77. The van der Waals surface area contributed by atoms with Crippen LogP contribution in [0.15, 0.2) is 18.3 Å². The second kappa shape index (κ2) is 6.87. The molecule has 0 aliphatic carbocycles. The van der Waals surface area contributed by atoms with E-state index >= 15 is 0 Å². The summed E-state index contributed by atoms with van der Waals surface area (Å²) in [5.74, 6) is 0.705. The molecule has 106 valence electrons. The van der Waals surface area contributed by atoms with E-state index in [1.807, 2.05) is 12.3 Å². The number of ether oxygens (including phenoxy) is 1.